The van der Waals surface area contributed by atoms with E-state index >= 15 is 0 Å². The molecule has 0 fully saturated rings. The average Bonchev–Trinajstić information content (AvgIpc) is 2.62. The highest BCUT2D eigenvalue weighted by molar-refractivity contribution is 7.80. The third kappa shape index (κ3) is 6.62. The lowest BCUT2D eigenvalue weighted by atomic mass is 10.2. The number of nitrogens with zero attached hydrogens (tertiary/aromatic N) is 1. The van der Waals surface area contributed by atoms with Crippen molar-refractivity contribution in [3.05, 3.63) is 78.4 Å². The molecule has 2 rings (SSSR count). The number of benzene rings is 2. The van der Waals surface area contributed by atoms with Gasteiger partial charge in [-0.25, -0.2) is 0 Å². The molecule has 0 heterocycles. The molecule has 0 saturated carbocycles. The smallest absolute Gasteiger partial charge is 0.187 e. The van der Waals surface area contributed by atoms with E-state index < -0.39 is 0 Å². The molecule has 4 nitrogen and oxygen atoms in total. The molecule has 0 radical (unpaired) electrons. The van der Waals surface area contributed by atoms with Crippen molar-refractivity contribution in [3.63, 3.8) is 0 Å². The maximum atomic E-state index is 5.75. The number of nitrogens with one attached hydrogen (secondary N) is 2. The molecule has 0 bridgehead atoms. The van der Waals surface area contributed by atoms with Crippen LogP contribution in [0.2, 0.25) is 0 Å². The maximum absolute atomic E-state index is 5.75. The Morgan fingerprint density at radius 2 is 1.88 bits per heavy atom. The van der Waals surface area contributed by atoms with Crippen molar-refractivity contribution in [3.8, 4) is 5.75 Å². The summed E-state index contributed by atoms with van der Waals surface area (Å²) in [6, 6.07) is 18.1. The Morgan fingerprint density at radius 3 is 2.58 bits per heavy atom. The number of hydrogen-bond donors (Lipinski definition) is 2. The van der Waals surface area contributed by atoms with E-state index in [-0.39, 0.29) is 0 Å². The van der Waals surface area contributed by atoms with E-state index in [0.717, 1.165) is 17.7 Å². The lowest BCUT2D eigenvalue weighted by Crippen LogP contribution is -2.31. The molecule has 0 amide bonds. The fraction of sp³-hybridized carbons (Fsp3) is 0.158. The van der Waals surface area contributed by atoms with E-state index in [1.807, 2.05) is 42.5 Å². The third-order valence-electron chi connectivity index (χ3n) is 3.17. The van der Waals surface area contributed by atoms with E-state index in [0.29, 0.717) is 18.3 Å². The zero-order valence-electron chi connectivity index (χ0n) is 13.4. The molecular weight excluding hydrogens is 318 g/mol. The van der Waals surface area contributed by atoms with Gasteiger partial charge in [0.1, 0.15) is 5.75 Å². The van der Waals surface area contributed by atoms with Gasteiger partial charge in [0, 0.05) is 13.0 Å². The minimum Gasteiger partial charge on any atom is -0.493 e. The summed E-state index contributed by atoms with van der Waals surface area (Å²) in [5, 5.41) is 7.47. The largest absolute Gasteiger partial charge is 0.493 e. The quantitative estimate of drug-likeness (QED) is 0.335. The molecule has 0 aliphatic carbocycles. The van der Waals surface area contributed by atoms with Gasteiger partial charge in [-0.3, -0.25) is 5.43 Å². The van der Waals surface area contributed by atoms with Gasteiger partial charge in [-0.2, -0.15) is 5.10 Å². The fourth-order valence-electron chi connectivity index (χ4n) is 1.95. The van der Waals surface area contributed by atoms with Crippen molar-refractivity contribution in [2.24, 2.45) is 5.10 Å². The Morgan fingerprint density at radius 1 is 1.12 bits per heavy atom. The zero-order chi connectivity index (χ0) is 17.0. The second-order valence-electron chi connectivity index (χ2n) is 5.02. The van der Waals surface area contributed by atoms with Crippen molar-refractivity contribution in [1.29, 1.82) is 0 Å². The van der Waals surface area contributed by atoms with E-state index in [2.05, 4.69) is 34.6 Å². The summed E-state index contributed by atoms with van der Waals surface area (Å²) in [5.41, 5.74) is 4.98. The van der Waals surface area contributed by atoms with Crippen LogP contribution < -0.4 is 15.5 Å². The molecule has 0 aliphatic heterocycles. The zero-order valence-corrected chi connectivity index (χ0v) is 14.3. The summed E-state index contributed by atoms with van der Waals surface area (Å²) >= 11 is 5.04. The molecular formula is C19H21N3OS. The summed E-state index contributed by atoms with van der Waals surface area (Å²) in [4.78, 5) is 0. The summed E-state index contributed by atoms with van der Waals surface area (Å²) in [6.45, 7) is 4.87. The topological polar surface area (TPSA) is 45.7 Å². The van der Waals surface area contributed by atoms with E-state index in [1.165, 1.54) is 5.56 Å². The van der Waals surface area contributed by atoms with Crippen LogP contribution in [0.5, 0.6) is 5.75 Å². The first kappa shape index (κ1) is 17.7. The first-order valence-electron chi connectivity index (χ1n) is 7.72. The highest BCUT2D eigenvalue weighted by Crippen LogP contribution is 2.11. The van der Waals surface area contributed by atoms with Crippen molar-refractivity contribution >= 4 is 23.5 Å². The van der Waals surface area contributed by atoms with Crippen molar-refractivity contribution in [2.75, 3.05) is 13.2 Å². The molecule has 2 aromatic carbocycles. The Hall–Kier alpha value is -2.66. The van der Waals surface area contributed by atoms with Gasteiger partial charge >= 0.3 is 0 Å². The lowest BCUT2D eigenvalue weighted by Gasteiger charge is -2.06. The highest BCUT2D eigenvalue weighted by atomic mass is 32.1. The van der Waals surface area contributed by atoms with Gasteiger partial charge in [0.15, 0.2) is 5.11 Å². The Labute approximate surface area is 148 Å². The molecule has 2 N–H and O–H groups in total. The van der Waals surface area contributed by atoms with Crippen LogP contribution in [0.15, 0.2) is 72.4 Å². The van der Waals surface area contributed by atoms with E-state index in [4.69, 9.17) is 17.0 Å². The molecule has 0 atom stereocenters. The Kier molecular flexibility index (Phi) is 7.50. The second-order valence-corrected chi connectivity index (χ2v) is 5.43. The van der Waals surface area contributed by atoms with Crippen molar-refractivity contribution in [2.45, 2.75) is 6.42 Å². The summed E-state index contributed by atoms with van der Waals surface area (Å²) in [6.07, 6.45) is 4.33. The van der Waals surface area contributed by atoms with Crippen LogP contribution in [0.25, 0.3) is 0 Å². The van der Waals surface area contributed by atoms with Gasteiger partial charge in [-0.05, 0) is 47.6 Å². The highest BCUT2D eigenvalue weighted by Gasteiger charge is 1.96. The van der Waals surface area contributed by atoms with Crippen LogP contribution in [-0.2, 0) is 6.42 Å². The fourth-order valence-corrected chi connectivity index (χ4v) is 2.09. The molecule has 0 unspecified atom stereocenters. The third-order valence-corrected chi connectivity index (χ3v) is 3.40. The van der Waals surface area contributed by atoms with Crippen LogP contribution in [0, 0.1) is 0 Å². The summed E-state index contributed by atoms with van der Waals surface area (Å²) in [5.74, 6) is 0.846. The minimum absolute atomic E-state index is 0.465. The first-order chi connectivity index (χ1) is 11.8. The lowest BCUT2D eigenvalue weighted by molar-refractivity contribution is 0.322. The number of hydrazone groups is 1. The summed E-state index contributed by atoms with van der Waals surface area (Å²) < 4.78 is 5.75. The van der Waals surface area contributed by atoms with E-state index in [9.17, 15) is 0 Å². The van der Waals surface area contributed by atoms with Gasteiger partial charge in [-0.1, -0.05) is 36.4 Å². The Balaban J connectivity index is 1.74. The second kappa shape index (κ2) is 10.2. The number of hydrogen-bond acceptors (Lipinski definition) is 3. The van der Waals surface area contributed by atoms with Crippen LogP contribution in [0.3, 0.4) is 0 Å². The summed E-state index contributed by atoms with van der Waals surface area (Å²) in [7, 11) is 0. The van der Waals surface area contributed by atoms with Crippen LogP contribution in [0.1, 0.15) is 11.1 Å². The molecule has 5 heteroatoms. The SMILES string of the molecule is C=CCNC(=S)NN=Cc1ccc(OCCc2ccccc2)cc1. The molecule has 0 spiro atoms. The number of rotatable bonds is 8. The monoisotopic (exact) mass is 339 g/mol. The van der Waals surface area contributed by atoms with Crippen molar-refractivity contribution in [1.82, 2.24) is 10.7 Å². The van der Waals surface area contributed by atoms with Crippen LogP contribution in [0.4, 0.5) is 0 Å². The standard InChI is InChI=1S/C19H21N3OS/c1-2-13-20-19(24)22-21-15-17-8-10-18(11-9-17)23-14-12-16-6-4-3-5-7-16/h2-11,15H,1,12-14H2,(H2,20,22,24). The van der Waals surface area contributed by atoms with E-state index in [1.54, 1.807) is 12.3 Å². The molecule has 0 aromatic heterocycles. The predicted molar refractivity (Wildman–Crippen MR) is 104 cm³/mol. The number of ether oxygens (including phenoxy) is 1. The number of thiocarbonyl (C=S) groups is 1. The van der Waals surface area contributed by atoms with Gasteiger partial charge in [0.2, 0.25) is 0 Å². The van der Waals surface area contributed by atoms with Gasteiger partial charge in [-0.15, -0.1) is 6.58 Å². The molecule has 0 saturated heterocycles. The average molecular weight is 339 g/mol. The minimum atomic E-state index is 0.465. The normalized spacial score (nSPS) is 10.3. The molecule has 2 aromatic rings. The molecule has 124 valence electrons. The van der Waals surface area contributed by atoms with Crippen LogP contribution in [-0.4, -0.2) is 24.5 Å². The predicted octanol–water partition coefficient (Wildman–Crippen LogP) is 3.29. The van der Waals surface area contributed by atoms with Gasteiger partial charge in [0.25, 0.3) is 0 Å². The van der Waals surface area contributed by atoms with Gasteiger partial charge < -0.3 is 10.1 Å². The molecule has 0 aliphatic rings. The van der Waals surface area contributed by atoms with Crippen LogP contribution >= 0.6 is 12.2 Å². The van der Waals surface area contributed by atoms with Gasteiger partial charge in [0.05, 0.1) is 12.8 Å². The van der Waals surface area contributed by atoms with Crippen molar-refractivity contribution < 1.29 is 4.74 Å². The Bertz CT molecular complexity index is 669. The maximum Gasteiger partial charge on any atom is 0.187 e. The molecule has 24 heavy (non-hydrogen) atoms. The first-order valence-corrected chi connectivity index (χ1v) is 8.13.